The van der Waals surface area contributed by atoms with Crippen LogP contribution in [0, 0.1) is 11.7 Å². The van der Waals surface area contributed by atoms with Crippen molar-refractivity contribution < 1.29 is 9.18 Å². The highest BCUT2D eigenvalue weighted by Crippen LogP contribution is 2.26. The topological polar surface area (TPSA) is 23.6 Å². The molecule has 0 radical (unpaired) electrons. The third kappa shape index (κ3) is 10.1. The summed E-state index contributed by atoms with van der Waals surface area (Å²) in [5.41, 5.74) is 7.77. The number of carbonyl (C=O) groups is 1. The van der Waals surface area contributed by atoms with Gasteiger partial charge in [-0.2, -0.15) is 0 Å². The van der Waals surface area contributed by atoms with Crippen LogP contribution >= 0.6 is 24.8 Å². The van der Waals surface area contributed by atoms with E-state index in [0.717, 1.165) is 70.5 Å². The lowest BCUT2D eigenvalue weighted by Crippen LogP contribution is -2.33. The standard InChI is InChI=1S/C37H47FN2O.2ClH/c1-37(2,3)34-8-4-7-30(24-34)27-40-22-18-31-12-13-33(25-32(31)19-23-40)36(41)9-5-6-28-16-20-39(21-17-28)26-29-10-14-35(38)15-11-29;;/h4,7-8,10-15,24-25,28H,5-6,9,16-23,26-27H2,1-3H3;2*1H. The molecule has 3 aromatic rings. The minimum Gasteiger partial charge on any atom is -0.299 e. The van der Waals surface area contributed by atoms with Gasteiger partial charge < -0.3 is 0 Å². The number of rotatable bonds is 9. The van der Waals surface area contributed by atoms with Crippen LogP contribution in [0.5, 0.6) is 0 Å². The molecule has 0 N–H and O–H groups in total. The molecule has 0 bridgehead atoms. The van der Waals surface area contributed by atoms with E-state index in [1.54, 1.807) is 12.1 Å². The van der Waals surface area contributed by atoms with Crippen LogP contribution < -0.4 is 0 Å². The third-order valence-corrected chi connectivity index (χ3v) is 9.16. The van der Waals surface area contributed by atoms with Gasteiger partial charge in [-0.1, -0.05) is 69.3 Å². The van der Waals surface area contributed by atoms with E-state index in [9.17, 15) is 9.18 Å². The second-order valence-electron chi connectivity index (χ2n) is 13.4. The number of carbonyl (C=O) groups excluding carboxylic acids is 1. The molecule has 0 atom stereocenters. The zero-order valence-corrected chi connectivity index (χ0v) is 27.8. The molecule has 0 saturated carbocycles. The van der Waals surface area contributed by atoms with Gasteiger partial charge in [-0.05, 0) is 109 Å². The van der Waals surface area contributed by atoms with Crippen molar-refractivity contribution in [3.8, 4) is 0 Å². The van der Waals surface area contributed by atoms with Crippen LogP contribution in [-0.2, 0) is 31.3 Å². The molecule has 234 valence electrons. The lowest BCUT2D eigenvalue weighted by atomic mass is 9.86. The maximum atomic E-state index is 13.2. The first kappa shape index (κ1) is 35.2. The normalized spacial score (nSPS) is 16.5. The van der Waals surface area contributed by atoms with E-state index >= 15 is 0 Å². The molecule has 5 rings (SSSR count). The highest BCUT2D eigenvalue weighted by atomic mass is 35.5. The molecule has 2 aliphatic rings. The van der Waals surface area contributed by atoms with Crippen LogP contribution in [0.25, 0.3) is 0 Å². The molecule has 2 aliphatic heterocycles. The Balaban J connectivity index is 0.00000253. The summed E-state index contributed by atoms with van der Waals surface area (Å²) in [5, 5.41) is 0. The molecule has 1 fully saturated rings. The number of likely N-dealkylation sites (tertiary alicyclic amines) is 1. The predicted octanol–water partition coefficient (Wildman–Crippen LogP) is 8.83. The van der Waals surface area contributed by atoms with Gasteiger partial charge in [0.2, 0.25) is 0 Å². The lowest BCUT2D eigenvalue weighted by Gasteiger charge is -2.32. The van der Waals surface area contributed by atoms with Crippen molar-refractivity contribution >= 4 is 30.6 Å². The molecule has 3 aromatic carbocycles. The van der Waals surface area contributed by atoms with Gasteiger partial charge in [0, 0.05) is 38.2 Å². The molecule has 1 saturated heterocycles. The summed E-state index contributed by atoms with van der Waals surface area (Å²) in [5.74, 6) is 0.823. The van der Waals surface area contributed by atoms with Gasteiger partial charge in [0.1, 0.15) is 5.82 Å². The first-order valence-electron chi connectivity index (χ1n) is 15.7. The van der Waals surface area contributed by atoms with Gasteiger partial charge in [-0.15, -0.1) is 24.8 Å². The first-order chi connectivity index (χ1) is 19.7. The van der Waals surface area contributed by atoms with E-state index in [1.165, 1.54) is 40.7 Å². The summed E-state index contributed by atoms with van der Waals surface area (Å²) in [6.07, 6.45) is 7.17. The number of benzene rings is 3. The average molecular weight is 628 g/mol. The van der Waals surface area contributed by atoms with Gasteiger partial charge in [0.25, 0.3) is 0 Å². The predicted molar refractivity (Wildman–Crippen MR) is 181 cm³/mol. The third-order valence-electron chi connectivity index (χ3n) is 9.16. The number of fused-ring (bicyclic) bond motifs is 1. The van der Waals surface area contributed by atoms with Crippen LogP contribution in [0.2, 0.25) is 0 Å². The number of nitrogens with zero attached hydrogens (tertiary/aromatic N) is 2. The van der Waals surface area contributed by atoms with E-state index in [2.05, 4.69) is 73.0 Å². The Labute approximate surface area is 271 Å². The summed E-state index contributed by atoms with van der Waals surface area (Å²) in [6, 6.07) is 22.4. The molecule has 0 amide bonds. The van der Waals surface area contributed by atoms with Crippen LogP contribution in [0.4, 0.5) is 4.39 Å². The first-order valence-corrected chi connectivity index (χ1v) is 15.7. The molecule has 0 spiro atoms. The molecule has 0 aromatic heterocycles. The van der Waals surface area contributed by atoms with Crippen molar-refractivity contribution in [2.24, 2.45) is 5.92 Å². The van der Waals surface area contributed by atoms with Crippen LogP contribution in [0.15, 0.2) is 66.7 Å². The fourth-order valence-electron chi connectivity index (χ4n) is 6.47. The van der Waals surface area contributed by atoms with Crippen molar-refractivity contribution in [3.05, 3.63) is 106 Å². The molecular weight excluding hydrogens is 578 g/mol. The maximum absolute atomic E-state index is 13.2. The Morgan fingerprint density at radius 1 is 0.791 bits per heavy atom. The van der Waals surface area contributed by atoms with Gasteiger partial charge in [-0.25, -0.2) is 4.39 Å². The molecule has 43 heavy (non-hydrogen) atoms. The molecule has 0 unspecified atom stereocenters. The Hall–Kier alpha value is -2.24. The summed E-state index contributed by atoms with van der Waals surface area (Å²) >= 11 is 0. The second-order valence-corrected chi connectivity index (χ2v) is 13.4. The van der Waals surface area contributed by atoms with Crippen molar-refractivity contribution in [1.29, 1.82) is 0 Å². The second kappa shape index (κ2) is 16.2. The van der Waals surface area contributed by atoms with E-state index in [4.69, 9.17) is 0 Å². The van der Waals surface area contributed by atoms with Crippen molar-refractivity contribution in [2.45, 2.75) is 84.2 Å². The Morgan fingerprint density at radius 2 is 1.44 bits per heavy atom. The molecule has 6 heteroatoms. The number of hydrogen-bond acceptors (Lipinski definition) is 3. The Kier molecular flexibility index (Phi) is 13.3. The number of Topliss-reactive ketones (excluding diaryl/α,β-unsaturated/α-hetero) is 1. The molecule has 2 heterocycles. The zero-order valence-electron chi connectivity index (χ0n) is 26.1. The van der Waals surface area contributed by atoms with Gasteiger partial charge >= 0.3 is 0 Å². The monoisotopic (exact) mass is 626 g/mol. The van der Waals surface area contributed by atoms with E-state index in [1.807, 2.05) is 12.1 Å². The molecular formula is C37H49Cl2FN2O. The number of ketones is 1. The highest BCUT2D eigenvalue weighted by molar-refractivity contribution is 5.96. The van der Waals surface area contributed by atoms with E-state index < -0.39 is 0 Å². The number of piperidine rings is 1. The Bertz CT molecular complexity index is 1310. The van der Waals surface area contributed by atoms with Gasteiger partial charge in [0.15, 0.2) is 5.78 Å². The smallest absolute Gasteiger partial charge is 0.162 e. The number of halogens is 3. The van der Waals surface area contributed by atoms with Crippen LogP contribution in [0.1, 0.15) is 91.1 Å². The van der Waals surface area contributed by atoms with Crippen molar-refractivity contribution in [2.75, 3.05) is 26.2 Å². The maximum Gasteiger partial charge on any atom is 0.162 e. The molecule has 3 nitrogen and oxygen atoms in total. The summed E-state index contributed by atoms with van der Waals surface area (Å²) < 4.78 is 13.2. The fraction of sp³-hybridized carbons (Fsp3) is 0.486. The Morgan fingerprint density at radius 3 is 2.14 bits per heavy atom. The van der Waals surface area contributed by atoms with Crippen LogP contribution in [0.3, 0.4) is 0 Å². The largest absolute Gasteiger partial charge is 0.299 e. The SMILES string of the molecule is CC(C)(C)c1cccc(CN2CCc3ccc(C(=O)CCCC4CCN(Cc5ccc(F)cc5)CC4)cc3CC2)c1.Cl.Cl. The van der Waals surface area contributed by atoms with E-state index in [-0.39, 0.29) is 36.0 Å². The van der Waals surface area contributed by atoms with Crippen molar-refractivity contribution in [1.82, 2.24) is 9.80 Å². The van der Waals surface area contributed by atoms with Gasteiger partial charge in [-0.3, -0.25) is 14.6 Å². The lowest BCUT2D eigenvalue weighted by molar-refractivity contribution is 0.0974. The summed E-state index contributed by atoms with van der Waals surface area (Å²) in [7, 11) is 0. The summed E-state index contributed by atoms with van der Waals surface area (Å²) in [4.78, 5) is 18.1. The zero-order chi connectivity index (χ0) is 28.8. The highest BCUT2D eigenvalue weighted by Gasteiger charge is 2.21. The van der Waals surface area contributed by atoms with Crippen molar-refractivity contribution in [3.63, 3.8) is 0 Å². The minimum atomic E-state index is -0.173. The molecule has 0 aliphatic carbocycles. The summed E-state index contributed by atoms with van der Waals surface area (Å²) in [6.45, 7) is 13.0. The fourth-order valence-corrected chi connectivity index (χ4v) is 6.47. The van der Waals surface area contributed by atoms with Crippen LogP contribution in [-0.4, -0.2) is 41.8 Å². The minimum absolute atomic E-state index is 0. The quantitative estimate of drug-likeness (QED) is 0.222. The number of hydrogen-bond donors (Lipinski definition) is 0. The van der Waals surface area contributed by atoms with E-state index in [0.29, 0.717) is 18.1 Å². The average Bonchev–Trinajstić information content (AvgIpc) is 3.16. The van der Waals surface area contributed by atoms with Gasteiger partial charge in [0.05, 0.1) is 0 Å².